The molecular formula is C21H13FN2O3S. The van der Waals surface area contributed by atoms with E-state index in [1.807, 2.05) is 0 Å². The van der Waals surface area contributed by atoms with Crippen molar-refractivity contribution < 1.29 is 19.1 Å². The molecule has 138 valence electrons. The molecule has 3 aromatic rings. The number of carbonyl (C=O) groups excluding carboxylic acids is 1. The predicted octanol–water partition coefficient (Wildman–Crippen LogP) is 4.60. The summed E-state index contributed by atoms with van der Waals surface area (Å²) in [7, 11) is 0. The summed E-state index contributed by atoms with van der Waals surface area (Å²) in [5.74, 6) is -2.19. The number of thiophene rings is 1. The highest BCUT2D eigenvalue weighted by Crippen LogP contribution is 2.49. The van der Waals surface area contributed by atoms with Crippen molar-refractivity contribution in [2.45, 2.75) is 12.3 Å². The lowest BCUT2D eigenvalue weighted by Gasteiger charge is -2.24. The molecule has 1 aliphatic heterocycles. The fourth-order valence-electron chi connectivity index (χ4n) is 3.42. The Bertz CT molecular complexity index is 1150. The summed E-state index contributed by atoms with van der Waals surface area (Å²) >= 11 is 1.08. The zero-order valence-corrected chi connectivity index (χ0v) is 15.2. The van der Waals surface area contributed by atoms with Crippen molar-refractivity contribution in [3.8, 4) is 17.2 Å². The van der Waals surface area contributed by atoms with Crippen molar-refractivity contribution in [2.24, 2.45) is 0 Å². The molecule has 2 aromatic carbocycles. The van der Waals surface area contributed by atoms with Crippen LogP contribution in [0.5, 0.6) is 0 Å². The maximum Gasteiger partial charge on any atom is 0.346 e. The van der Waals surface area contributed by atoms with Gasteiger partial charge in [-0.15, -0.1) is 11.3 Å². The zero-order valence-electron chi connectivity index (χ0n) is 14.4. The summed E-state index contributed by atoms with van der Waals surface area (Å²) in [6.45, 7) is 0. The predicted molar refractivity (Wildman–Crippen MR) is 103 cm³/mol. The second-order valence-corrected chi connectivity index (χ2v) is 7.45. The molecule has 7 heteroatoms. The van der Waals surface area contributed by atoms with Crippen LogP contribution in [-0.4, -0.2) is 17.0 Å². The number of amides is 1. The lowest BCUT2D eigenvalue weighted by atomic mass is 9.88. The van der Waals surface area contributed by atoms with E-state index >= 15 is 0 Å². The number of nitriles is 1. The second kappa shape index (κ2) is 6.91. The number of halogens is 1. The molecule has 0 bridgehead atoms. The quantitative estimate of drug-likeness (QED) is 0.682. The Labute approximate surface area is 163 Å². The topological polar surface area (TPSA) is 90.2 Å². The summed E-state index contributed by atoms with van der Waals surface area (Å²) in [5.41, 5.74) is 2.45. The lowest BCUT2D eigenvalue weighted by molar-refractivity contribution is -0.116. The van der Waals surface area contributed by atoms with Gasteiger partial charge in [-0.05, 0) is 35.4 Å². The van der Waals surface area contributed by atoms with E-state index in [0.717, 1.165) is 16.9 Å². The second-order valence-electron chi connectivity index (χ2n) is 6.40. The van der Waals surface area contributed by atoms with Gasteiger partial charge in [0.25, 0.3) is 0 Å². The summed E-state index contributed by atoms with van der Waals surface area (Å²) in [6.07, 6.45) is 0.168. The van der Waals surface area contributed by atoms with E-state index in [0.29, 0.717) is 27.3 Å². The van der Waals surface area contributed by atoms with Crippen LogP contribution >= 0.6 is 11.3 Å². The first-order valence-corrected chi connectivity index (χ1v) is 9.25. The SMILES string of the molecule is N#Cc1ccc([C@H]2CC(=O)Nc3c2sc(C(=O)O)c3-c2cccc(F)c2)cc1. The Morgan fingerprint density at radius 3 is 2.64 bits per heavy atom. The summed E-state index contributed by atoms with van der Waals surface area (Å²) in [5, 5.41) is 21.5. The lowest BCUT2D eigenvalue weighted by Crippen LogP contribution is -2.22. The molecule has 0 radical (unpaired) electrons. The van der Waals surface area contributed by atoms with E-state index in [-0.39, 0.29) is 23.1 Å². The van der Waals surface area contributed by atoms with Crippen molar-refractivity contribution >= 4 is 28.9 Å². The third-order valence-corrected chi connectivity index (χ3v) is 5.95. The van der Waals surface area contributed by atoms with E-state index < -0.39 is 11.8 Å². The first kappa shape index (κ1) is 17.9. The number of hydrogen-bond donors (Lipinski definition) is 2. The van der Waals surface area contributed by atoms with Crippen molar-refractivity contribution in [1.29, 1.82) is 5.26 Å². The maximum absolute atomic E-state index is 13.8. The number of hydrogen-bond acceptors (Lipinski definition) is 4. The van der Waals surface area contributed by atoms with Crippen LogP contribution in [0.15, 0.2) is 48.5 Å². The molecule has 0 saturated heterocycles. The van der Waals surface area contributed by atoms with Crippen LogP contribution in [0.4, 0.5) is 10.1 Å². The summed E-state index contributed by atoms with van der Waals surface area (Å²) in [4.78, 5) is 25.0. The van der Waals surface area contributed by atoms with Gasteiger partial charge in [0.1, 0.15) is 10.7 Å². The minimum atomic E-state index is -1.13. The van der Waals surface area contributed by atoms with Gasteiger partial charge in [-0.3, -0.25) is 4.79 Å². The Morgan fingerprint density at radius 2 is 2.00 bits per heavy atom. The molecule has 1 aliphatic rings. The van der Waals surface area contributed by atoms with Gasteiger partial charge in [0.15, 0.2) is 0 Å². The molecule has 4 rings (SSSR count). The van der Waals surface area contributed by atoms with Crippen LogP contribution in [0.25, 0.3) is 11.1 Å². The molecule has 0 aliphatic carbocycles. The Kier molecular flexibility index (Phi) is 4.41. The van der Waals surface area contributed by atoms with Crippen molar-refractivity contribution in [1.82, 2.24) is 0 Å². The molecule has 0 spiro atoms. The van der Waals surface area contributed by atoms with Crippen molar-refractivity contribution in [2.75, 3.05) is 5.32 Å². The van der Waals surface area contributed by atoms with Gasteiger partial charge in [-0.1, -0.05) is 24.3 Å². The van der Waals surface area contributed by atoms with Crippen LogP contribution in [0.1, 0.15) is 38.0 Å². The molecular weight excluding hydrogens is 379 g/mol. The van der Waals surface area contributed by atoms with E-state index in [1.54, 1.807) is 30.3 Å². The van der Waals surface area contributed by atoms with Crippen LogP contribution < -0.4 is 5.32 Å². The minimum Gasteiger partial charge on any atom is -0.477 e. The van der Waals surface area contributed by atoms with Gasteiger partial charge in [-0.2, -0.15) is 5.26 Å². The molecule has 0 unspecified atom stereocenters. The van der Waals surface area contributed by atoms with Gasteiger partial charge in [0, 0.05) is 22.8 Å². The number of nitrogens with zero attached hydrogens (tertiary/aromatic N) is 1. The number of benzene rings is 2. The van der Waals surface area contributed by atoms with E-state index in [2.05, 4.69) is 11.4 Å². The number of nitrogens with one attached hydrogen (secondary N) is 1. The third-order valence-electron chi connectivity index (χ3n) is 4.66. The largest absolute Gasteiger partial charge is 0.477 e. The Balaban J connectivity index is 1.92. The molecule has 1 amide bonds. The number of anilines is 1. The van der Waals surface area contributed by atoms with E-state index in [4.69, 9.17) is 5.26 Å². The Hall–Kier alpha value is -3.50. The smallest absolute Gasteiger partial charge is 0.346 e. The fraction of sp³-hybridized carbons (Fsp3) is 0.0952. The first-order valence-electron chi connectivity index (χ1n) is 8.43. The monoisotopic (exact) mass is 392 g/mol. The highest BCUT2D eigenvalue weighted by atomic mass is 32.1. The molecule has 0 fully saturated rings. The van der Waals surface area contributed by atoms with Crippen molar-refractivity contribution in [3.05, 3.63) is 75.2 Å². The van der Waals surface area contributed by atoms with E-state index in [1.165, 1.54) is 18.2 Å². The number of carboxylic acids is 1. The number of carboxylic acid groups (broad SMARTS) is 1. The van der Waals surface area contributed by atoms with Crippen LogP contribution in [-0.2, 0) is 4.79 Å². The molecule has 2 N–H and O–H groups in total. The van der Waals surface area contributed by atoms with Crippen LogP contribution in [0.3, 0.4) is 0 Å². The van der Waals surface area contributed by atoms with Gasteiger partial charge in [0.2, 0.25) is 5.91 Å². The van der Waals surface area contributed by atoms with Crippen LogP contribution in [0.2, 0.25) is 0 Å². The van der Waals surface area contributed by atoms with E-state index in [9.17, 15) is 19.1 Å². The molecule has 2 heterocycles. The summed E-state index contributed by atoms with van der Waals surface area (Å²) in [6, 6.07) is 14.6. The molecule has 1 atom stereocenters. The number of aromatic carboxylic acids is 1. The average molecular weight is 392 g/mol. The average Bonchev–Trinajstić information content (AvgIpc) is 3.07. The molecule has 5 nitrogen and oxygen atoms in total. The molecule has 28 heavy (non-hydrogen) atoms. The van der Waals surface area contributed by atoms with Gasteiger partial charge in [-0.25, -0.2) is 9.18 Å². The molecule has 1 aromatic heterocycles. The Morgan fingerprint density at radius 1 is 1.25 bits per heavy atom. The van der Waals surface area contributed by atoms with Crippen LogP contribution in [0, 0.1) is 17.1 Å². The van der Waals surface area contributed by atoms with Gasteiger partial charge < -0.3 is 10.4 Å². The first-order chi connectivity index (χ1) is 13.5. The maximum atomic E-state index is 13.8. The zero-order chi connectivity index (χ0) is 19.8. The summed E-state index contributed by atoms with van der Waals surface area (Å²) < 4.78 is 13.8. The third kappa shape index (κ3) is 3.04. The number of carbonyl (C=O) groups is 2. The van der Waals surface area contributed by atoms with Gasteiger partial charge in [0.05, 0.1) is 17.3 Å². The minimum absolute atomic E-state index is 0.0523. The standard InChI is InChI=1S/C21H13FN2O3S/c22-14-3-1-2-13(8-14)17-18-19(28-20(17)21(26)27)15(9-16(25)24-18)12-6-4-11(10-23)5-7-12/h1-8,15H,9H2,(H,24,25)(H,26,27)/t15-/m1/s1. The highest BCUT2D eigenvalue weighted by molar-refractivity contribution is 7.15. The highest BCUT2D eigenvalue weighted by Gasteiger charge is 2.34. The van der Waals surface area contributed by atoms with Gasteiger partial charge >= 0.3 is 5.97 Å². The fourth-order valence-corrected chi connectivity index (χ4v) is 4.66. The molecule has 0 saturated carbocycles. The van der Waals surface area contributed by atoms with Crippen molar-refractivity contribution in [3.63, 3.8) is 0 Å². The number of rotatable bonds is 3. The normalized spacial score (nSPS) is 15.4. The number of fused-ring (bicyclic) bond motifs is 1.